The molecule has 1 aromatic carbocycles. The summed E-state index contributed by atoms with van der Waals surface area (Å²) in [5.41, 5.74) is 3.26. The zero-order valence-corrected chi connectivity index (χ0v) is 10.8. The van der Waals surface area contributed by atoms with E-state index in [0.29, 0.717) is 0 Å². The Morgan fingerprint density at radius 3 is 2.88 bits per heavy atom. The van der Waals surface area contributed by atoms with Crippen LogP contribution in [-0.2, 0) is 0 Å². The average molecular weight is 249 g/mol. The van der Waals surface area contributed by atoms with Crippen molar-refractivity contribution < 1.29 is 0 Å². The first-order valence-corrected chi connectivity index (χ1v) is 6.51. The molecule has 2 rings (SSSR count). The summed E-state index contributed by atoms with van der Waals surface area (Å²) in [6, 6.07) is 10.3. The first-order chi connectivity index (χ1) is 8.31. The van der Waals surface area contributed by atoms with E-state index >= 15 is 0 Å². The van der Waals surface area contributed by atoms with E-state index in [4.69, 9.17) is 11.6 Å². The number of benzene rings is 1. The van der Waals surface area contributed by atoms with Crippen molar-refractivity contribution in [3.05, 3.63) is 36.0 Å². The van der Waals surface area contributed by atoms with Gasteiger partial charge in [0.25, 0.3) is 0 Å². The van der Waals surface area contributed by atoms with Gasteiger partial charge in [0, 0.05) is 29.2 Å². The summed E-state index contributed by atoms with van der Waals surface area (Å²) in [6.07, 6.45) is 2.15. The van der Waals surface area contributed by atoms with Crippen LogP contribution in [0.1, 0.15) is 18.5 Å². The molecule has 0 fully saturated rings. The van der Waals surface area contributed by atoms with Crippen LogP contribution in [0.4, 0.5) is 5.69 Å². The number of aryl methyl sites for hydroxylation is 1. The SMILES string of the molecule is Cc1cc(NCCCCCl)c2ccccc2n1. The normalized spacial score (nSPS) is 10.7. The lowest BCUT2D eigenvalue weighted by atomic mass is 10.1. The molecule has 1 heterocycles. The van der Waals surface area contributed by atoms with Gasteiger partial charge >= 0.3 is 0 Å². The van der Waals surface area contributed by atoms with E-state index < -0.39 is 0 Å². The largest absolute Gasteiger partial charge is 0.384 e. The van der Waals surface area contributed by atoms with Gasteiger partial charge in [0.05, 0.1) is 5.52 Å². The molecule has 0 aliphatic heterocycles. The van der Waals surface area contributed by atoms with Crippen molar-refractivity contribution in [2.45, 2.75) is 19.8 Å². The monoisotopic (exact) mass is 248 g/mol. The molecule has 0 spiro atoms. The van der Waals surface area contributed by atoms with Crippen LogP contribution >= 0.6 is 11.6 Å². The van der Waals surface area contributed by atoms with E-state index in [2.05, 4.69) is 22.4 Å². The topological polar surface area (TPSA) is 24.9 Å². The molecule has 0 aliphatic carbocycles. The molecule has 1 aromatic heterocycles. The van der Waals surface area contributed by atoms with Gasteiger partial charge in [0.1, 0.15) is 0 Å². The molecule has 1 N–H and O–H groups in total. The summed E-state index contributed by atoms with van der Waals surface area (Å²) < 4.78 is 0. The Bertz CT molecular complexity index is 497. The molecule has 0 bridgehead atoms. The number of alkyl halides is 1. The number of nitrogens with zero attached hydrogens (tertiary/aromatic N) is 1. The predicted molar refractivity (Wildman–Crippen MR) is 74.9 cm³/mol. The molecule has 2 nitrogen and oxygen atoms in total. The third-order valence-corrected chi connectivity index (χ3v) is 2.99. The summed E-state index contributed by atoms with van der Waals surface area (Å²) in [7, 11) is 0. The minimum Gasteiger partial charge on any atom is -0.384 e. The number of aromatic nitrogens is 1. The first kappa shape index (κ1) is 12.2. The quantitative estimate of drug-likeness (QED) is 0.640. The van der Waals surface area contributed by atoms with Crippen molar-refractivity contribution in [1.29, 1.82) is 0 Å². The fourth-order valence-corrected chi connectivity index (χ4v) is 2.09. The molecule has 0 amide bonds. The zero-order valence-electron chi connectivity index (χ0n) is 10.0. The molecular formula is C14H17ClN2. The van der Waals surface area contributed by atoms with Gasteiger partial charge in [-0.2, -0.15) is 0 Å². The maximum Gasteiger partial charge on any atom is 0.0725 e. The summed E-state index contributed by atoms with van der Waals surface area (Å²) >= 11 is 5.67. The van der Waals surface area contributed by atoms with Gasteiger partial charge in [-0.3, -0.25) is 4.98 Å². The van der Waals surface area contributed by atoms with E-state index in [0.717, 1.165) is 36.5 Å². The van der Waals surface area contributed by atoms with E-state index in [1.807, 2.05) is 25.1 Å². The van der Waals surface area contributed by atoms with Crippen LogP contribution in [0.2, 0.25) is 0 Å². The number of halogens is 1. The number of hydrogen-bond donors (Lipinski definition) is 1. The van der Waals surface area contributed by atoms with Crippen LogP contribution in [-0.4, -0.2) is 17.4 Å². The van der Waals surface area contributed by atoms with Crippen LogP contribution in [0.3, 0.4) is 0 Å². The smallest absolute Gasteiger partial charge is 0.0725 e. The van der Waals surface area contributed by atoms with Crippen molar-refractivity contribution in [3.63, 3.8) is 0 Å². The summed E-state index contributed by atoms with van der Waals surface area (Å²) in [5.74, 6) is 0.734. The van der Waals surface area contributed by atoms with Crippen molar-refractivity contribution >= 4 is 28.2 Å². The van der Waals surface area contributed by atoms with E-state index in [1.54, 1.807) is 0 Å². The van der Waals surface area contributed by atoms with Gasteiger partial charge in [-0.15, -0.1) is 11.6 Å². The second-order valence-corrected chi connectivity index (χ2v) is 4.53. The standard InChI is InChI=1S/C14H17ClN2/c1-11-10-14(16-9-5-4-8-15)12-6-2-3-7-13(12)17-11/h2-3,6-7,10H,4-5,8-9H2,1H3,(H,16,17). The van der Waals surface area contributed by atoms with E-state index in [-0.39, 0.29) is 0 Å². The van der Waals surface area contributed by atoms with Crippen LogP contribution < -0.4 is 5.32 Å². The van der Waals surface area contributed by atoms with Gasteiger partial charge in [0.15, 0.2) is 0 Å². The van der Waals surface area contributed by atoms with E-state index in [1.165, 1.54) is 11.1 Å². The maximum atomic E-state index is 5.67. The Hall–Kier alpha value is -1.28. The second-order valence-electron chi connectivity index (χ2n) is 4.15. The highest BCUT2D eigenvalue weighted by molar-refractivity contribution is 6.17. The molecule has 0 radical (unpaired) electrons. The van der Waals surface area contributed by atoms with E-state index in [9.17, 15) is 0 Å². The molecule has 0 saturated heterocycles. The average Bonchev–Trinajstić information content (AvgIpc) is 2.34. The Morgan fingerprint density at radius 2 is 2.06 bits per heavy atom. The fraction of sp³-hybridized carbons (Fsp3) is 0.357. The summed E-state index contributed by atoms with van der Waals surface area (Å²) in [6.45, 7) is 2.98. The maximum absolute atomic E-state index is 5.67. The number of para-hydroxylation sites is 1. The third kappa shape index (κ3) is 3.10. The molecule has 0 saturated carbocycles. The predicted octanol–water partition coefficient (Wildman–Crippen LogP) is 3.97. The third-order valence-electron chi connectivity index (χ3n) is 2.72. The number of rotatable bonds is 5. The number of unbranched alkanes of at least 4 members (excludes halogenated alkanes) is 1. The van der Waals surface area contributed by atoms with Gasteiger partial charge in [-0.05, 0) is 31.9 Å². The molecule has 2 aromatic rings. The van der Waals surface area contributed by atoms with Crippen molar-refractivity contribution in [2.75, 3.05) is 17.7 Å². The Balaban J connectivity index is 2.20. The number of fused-ring (bicyclic) bond motifs is 1. The Morgan fingerprint density at radius 1 is 1.24 bits per heavy atom. The highest BCUT2D eigenvalue weighted by Crippen LogP contribution is 2.22. The minimum absolute atomic E-state index is 0.734. The van der Waals surface area contributed by atoms with Crippen LogP contribution in [0, 0.1) is 6.92 Å². The Kier molecular flexibility index (Phi) is 4.21. The lowest BCUT2D eigenvalue weighted by molar-refractivity contribution is 0.840. The van der Waals surface area contributed by atoms with Crippen LogP contribution in [0.5, 0.6) is 0 Å². The van der Waals surface area contributed by atoms with Crippen molar-refractivity contribution in [1.82, 2.24) is 4.98 Å². The number of nitrogens with one attached hydrogen (secondary N) is 1. The van der Waals surface area contributed by atoms with Crippen LogP contribution in [0.25, 0.3) is 10.9 Å². The molecule has 17 heavy (non-hydrogen) atoms. The molecule has 90 valence electrons. The summed E-state index contributed by atoms with van der Waals surface area (Å²) in [4.78, 5) is 4.52. The van der Waals surface area contributed by atoms with Gasteiger partial charge < -0.3 is 5.32 Å². The molecule has 0 unspecified atom stereocenters. The van der Waals surface area contributed by atoms with Crippen molar-refractivity contribution in [3.8, 4) is 0 Å². The summed E-state index contributed by atoms with van der Waals surface area (Å²) in [5, 5.41) is 4.65. The number of anilines is 1. The van der Waals surface area contributed by atoms with Gasteiger partial charge in [-0.25, -0.2) is 0 Å². The van der Waals surface area contributed by atoms with Gasteiger partial charge in [-0.1, -0.05) is 18.2 Å². The lowest BCUT2D eigenvalue weighted by Crippen LogP contribution is -2.03. The Labute approximate surface area is 107 Å². The highest BCUT2D eigenvalue weighted by Gasteiger charge is 2.02. The number of hydrogen-bond acceptors (Lipinski definition) is 2. The number of pyridine rings is 1. The van der Waals surface area contributed by atoms with Gasteiger partial charge in [0.2, 0.25) is 0 Å². The molecule has 0 atom stereocenters. The minimum atomic E-state index is 0.734. The van der Waals surface area contributed by atoms with Crippen LogP contribution in [0.15, 0.2) is 30.3 Å². The molecular weight excluding hydrogens is 232 g/mol. The molecule has 3 heteroatoms. The zero-order chi connectivity index (χ0) is 12.1. The second kappa shape index (κ2) is 5.87. The lowest BCUT2D eigenvalue weighted by Gasteiger charge is -2.10. The first-order valence-electron chi connectivity index (χ1n) is 5.97. The highest BCUT2D eigenvalue weighted by atomic mass is 35.5. The fourth-order valence-electron chi connectivity index (χ4n) is 1.90. The van der Waals surface area contributed by atoms with Crippen molar-refractivity contribution in [2.24, 2.45) is 0 Å². The molecule has 0 aliphatic rings.